The van der Waals surface area contributed by atoms with E-state index in [1.165, 1.54) is 10.9 Å². The van der Waals surface area contributed by atoms with Gasteiger partial charge in [0.25, 0.3) is 0 Å². The van der Waals surface area contributed by atoms with Crippen LogP contribution in [0.4, 0.5) is 0 Å². The maximum Gasteiger partial charge on any atom is 0.134 e. The summed E-state index contributed by atoms with van der Waals surface area (Å²) in [7, 11) is 0. The number of rotatable bonds is 5. The maximum absolute atomic E-state index is 5.88. The third-order valence-corrected chi connectivity index (χ3v) is 2.89. The van der Waals surface area contributed by atoms with E-state index in [9.17, 15) is 0 Å². The van der Waals surface area contributed by atoms with E-state index in [2.05, 4.69) is 43.9 Å². The van der Waals surface area contributed by atoms with E-state index in [0.717, 1.165) is 24.3 Å². The van der Waals surface area contributed by atoms with Gasteiger partial charge in [0.15, 0.2) is 0 Å². The molecule has 0 aliphatic carbocycles. The Hall–Kier alpha value is -1.54. The van der Waals surface area contributed by atoms with E-state index in [-0.39, 0.29) is 6.04 Å². The molecule has 17 heavy (non-hydrogen) atoms. The van der Waals surface area contributed by atoms with Crippen LogP contribution >= 0.6 is 0 Å². The molecule has 2 nitrogen and oxygen atoms in total. The summed E-state index contributed by atoms with van der Waals surface area (Å²) in [5.41, 5.74) is 2.21. The summed E-state index contributed by atoms with van der Waals surface area (Å²) in [5.74, 6) is 0.993. The molecule has 1 atom stereocenters. The Kier molecular flexibility index (Phi) is 3.64. The SMILES string of the molecule is C=CCC(NCC)c1cc2cc(C)ccc2o1. The quantitative estimate of drug-likeness (QED) is 0.785. The molecule has 2 heteroatoms. The number of nitrogens with one attached hydrogen (secondary N) is 1. The van der Waals surface area contributed by atoms with Crippen LogP contribution < -0.4 is 5.32 Å². The molecule has 2 rings (SSSR count). The average molecular weight is 229 g/mol. The number of hydrogen-bond acceptors (Lipinski definition) is 2. The van der Waals surface area contributed by atoms with Crippen LogP contribution in [0.5, 0.6) is 0 Å². The van der Waals surface area contributed by atoms with Crippen LogP contribution in [0, 0.1) is 6.92 Å². The van der Waals surface area contributed by atoms with Gasteiger partial charge in [-0.1, -0.05) is 24.6 Å². The van der Waals surface area contributed by atoms with Crippen molar-refractivity contribution >= 4 is 11.0 Å². The van der Waals surface area contributed by atoms with Crippen molar-refractivity contribution in [3.63, 3.8) is 0 Å². The molecule has 2 aromatic rings. The number of aryl methyl sites for hydroxylation is 1. The largest absolute Gasteiger partial charge is 0.459 e. The normalized spacial score (nSPS) is 12.8. The van der Waals surface area contributed by atoms with Gasteiger partial charge in [0, 0.05) is 5.39 Å². The van der Waals surface area contributed by atoms with E-state index in [1.54, 1.807) is 0 Å². The van der Waals surface area contributed by atoms with Gasteiger partial charge in [-0.3, -0.25) is 0 Å². The molecular formula is C15H19NO. The van der Waals surface area contributed by atoms with Crippen molar-refractivity contribution in [1.29, 1.82) is 0 Å². The van der Waals surface area contributed by atoms with Crippen molar-refractivity contribution < 1.29 is 4.42 Å². The second kappa shape index (κ2) is 5.19. The average Bonchev–Trinajstić information content (AvgIpc) is 2.71. The molecule has 0 saturated carbocycles. The summed E-state index contributed by atoms with van der Waals surface area (Å²) in [6.07, 6.45) is 2.80. The third-order valence-electron chi connectivity index (χ3n) is 2.89. The zero-order chi connectivity index (χ0) is 12.3. The number of furan rings is 1. The zero-order valence-electron chi connectivity index (χ0n) is 10.5. The molecule has 0 saturated heterocycles. The van der Waals surface area contributed by atoms with Crippen LogP contribution in [0.15, 0.2) is 41.3 Å². The fourth-order valence-corrected chi connectivity index (χ4v) is 2.07. The first-order chi connectivity index (χ1) is 8.24. The van der Waals surface area contributed by atoms with Crippen molar-refractivity contribution in [2.75, 3.05) is 6.54 Å². The molecule has 0 fully saturated rings. The summed E-state index contributed by atoms with van der Waals surface area (Å²) >= 11 is 0. The van der Waals surface area contributed by atoms with E-state index in [4.69, 9.17) is 4.42 Å². The highest BCUT2D eigenvalue weighted by molar-refractivity contribution is 5.78. The van der Waals surface area contributed by atoms with Gasteiger partial charge in [-0.2, -0.15) is 0 Å². The topological polar surface area (TPSA) is 25.2 Å². The monoisotopic (exact) mass is 229 g/mol. The highest BCUT2D eigenvalue weighted by Crippen LogP contribution is 2.26. The van der Waals surface area contributed by atoms with Crippen LogP contribution in [0.25, 0.3) is 11.0 Å². The van der Waals surface area contributed by atoms with Crippen molar-refractivity contribution in [3.8, 4) is 0 Å². The van der Waals surface area contributed by atoms with E-state index in [1.807, 2.05) is 12.1 Å². The summed E-state index contributed by atoms with van der Waals surface area (Å²) in [4.78, 5) is 0. The van der Waals surface area contributed by atoms with Gasteiger partial charge in [-0.25, -0.2) is 0 Å². The lowest BCUT2D eigenvalue weighted by Gasteiger charge is -2.12. The molecule has 0 spiro atoms. The summed E-state index contributed by atoms with van der Waals surface area (Å²) < 4.78 is 5.88. The maximum atomic E-state index is 5.88. The molecule has 1 aromatic carbocycles. The molecule has 0 aliphatic rings. The highest BCUT2D eigenvalue weighted by atomic mass is 16.3. The van der Waals surface area contributed by atoms with E-state index < -0.39 is 0 Å². The summed E-state index contributed by atoms with van der Waals surface area (Å²) in [5, 5.41) is 4.58. The zero-order valence-corrected chi connectivity index (χ0v) is 10.5. The molecule has 1 aromatic heterocycles. The first kappa shape index (κ1) is 11.9. The van der Waals surface area contributed by atoms with Gasteiger partial charge in [-0.05, 0) is 38.1 Å². The lowest BCUT2D eigenvalue weighted by Crippen LogP contribution is -2.19. The molecule has 1 unspecified atom stereocenters. The van der Waals surface area contributed by atoms with E-state index in [0.29, 0.717) is 0 Å². The Morgan fingerprint density at radius 2 is 2.24 bits per heavy atom. The van der Waals surface area contributed by atoms with Crippen LogP contribution in [0.1, 0.15) is 30.7 Å². The van der Waals surface area contributed by atoms with Gasteiger partial charge in [0.1, 0.15) is 11.3 Å². The summed E-state index contributed by atoms with van der Waals surface area (Å²) in [6, 6.07) is 8.61. The molecular weight excluding hydrogens is 210 g/mol. The lowest BCUT2D eigenvalue weighted by molar-refractivity contribution is 0.439. The minimum Gasteiger partial charge on any atom is -0.459 e. The highest BCUT2D eigenvalue weighted by Gasteiger charge is 2.13. The fraction of sp³-hybridized carbons (Fsp3) is 0.333. The number of benzene rings is 1. The predicted octanol–water partition coefficient (Wildman–Crippen LogP) is 3.97. The molecule has 0 bridgehead atoms. The Morgan fingerprint density at radius 1 is 1.41 bits per heavy atom. The minimum absolute atomic E-state index is 0.227. The van der Waals surface area contributed by atoms with Crippen molar-refractivity contribution in [2.45, 2.75) is 26.3 Å². The van der Waals surface area contributed by atoms with Gasteiger partial charge >= 0.3 is 0 Å². The Balaban J connectivity index is 2.36. The van der Waals surface area contributed by atoms with Crippen molar-refractivity contribution in [2.24, 2.45) is 0 Å². The first-order valence-corrected chi connectivity index (χ1v) is 6.09. The summed E-state index contributed by atoms with van der Waals surface area (Å²) in [6.45, 7) is 8.91. The molecule has 0 aliphatic heterocycles. The van der Waals surface area contributed by atoms with Crippen LogP contribution in [0.2, 0.25) is 0 Å². The van der Waals surface area contributed by atoms with E-state index >= 15 is 0 Å². The second-order valence-corrected chi connectivity index (χ2v) is 4.32. The van der Waals surface area contributed by atoms with Crippen LogP contribution in [0.3, 0.4) is 0 Å². The second-order valence-electron chi connectivity index (χ2n) is 4.32. The molecule has 90 valence electrons. The van der Waals surface area contributed by atoms with Gasteiger partial charge in [0.2, 0.25) is 0 Å². The minimum atomic E-state index is 0.227. The Bertz CT molecular complexity index is 513. The third kappa shape index (κ3) is 2.59. The fourth-order valence-electron chi connectivity index (χ4n) is 2.07. The van der Waals surface area contributed by atoms with Gasteiger partial charge in [0.05, 0.1) is 6.04 Å². The molecule has 0 amide bonds. The number of fused-ring (bicyclic) bond motifs is 1. The molecule has 0 radical (unpaired) electrons. The van der Waals surface area contributed by atoms with Gasteiger partial charge in [-0.15, -0.1) is 6.58 Å². The Labute approximate surface area is 102 Å². The predicted molar refractivity (Wildman–Crippen MR) is 72.2 cm³/mol. The van der Waals surface area contributed by atoms with Crippen molar-refractivity contribution in [3.05, 3.63) is 48.2 Å². The standard InChI is InChI=1S/C15H19NO/c1-4-6-13(16-5-2)15-10-12-9-11(3)7-8-14(12)17-15/h4,7-10,13,16H,1,5-6H2,2-3H3. The lowest BCUT2D eigenvalue weighted by atomic mass is 10.1. The Morgan fingerprint density at radius 3 is 2.94 bits per heavy atom. The smallest absolute Gasteiger partial charge is 0.134 e. The first-order valence-electron chi connectivity index (χ1n) is 6.09. The van der Waals surface area contributed by atoms with Crippen LogP contribution in [-0.2, 0) is 0 Å². The number of hydrogen-bond donors (Lipinski definition) is 1. The molecule has 1 N–H and O–H groups in total. The van der Waals surface area contributed by atoms with Crippen molar-refractivity contribution in [1.82, 2.24) is 5.32 Å². The van der Waals surface area contributed by atoms with Gasteiger partial charge < -0.3 is 9.73 Å². The molecule has 1 heterocycles. The van der Waals surface area contributed by atoms with Crippen LogP contribution in [-0.4, -0.2) is 6.54 Å².